The third-order valence-electron chi connectivity index (χ3n) is 3.02. The van der Waals surface area contributed by atoms with Crippen LogP contribution in [0, 0.1) is 5.92 Å². The summed E-state index contributed by atoms with van der Waals surface area (Å²) < 4.78 is 5.93. The van der Waals surface area contributed by atoms with Crippen molar-refractivity contribution in [2.45, 2.75) is 12.8 Å². The van der Waals surface area contributed by atoms with E-state index in [1.165, 1.54) is 0 Å². The molecule has 1 heterocycles. The van der Waals surface area contributed by atoms with Gasteiger partial charge in [0.15, 0.2) is 0 Å². The molecular formula is C13H14BrNO3. The Labute approximate surface area is 114 Å². The Hall–Kier alpha value is -1.36. The Morgan fingerprint density at radius 3 is 2.72 bits per heavy atom. The number of amides is 1. The van der Waals surface area contributed by atoms with E-state index in [2.05, 4.69) is 21.2 Å². The summed E-state index contributed by atoms with van der Waals surface area (Å²) in [5.74, 6) is -1.57. The second kappa shape index (κ2) is 5.52. The number of halogens is 1. The van der Waals surface area contributed by atoms with Crippen molar-refractivity contribution >= 4 is 27.8 Å². The number of ether oxygens (including phenoxy) is 1. The first kappa shape index (κ1) is 13.1. The van der Waals surface area contributed by atoms with Gasteiger partial charge in [0.05, 0.1) is 6.61 Å². The lowest BCUT2D eigenvalue weighted by molar-refractivity contribution is -0.151. The molecule has 0 bridgehead atoms. The zero-order valence-electron chi connectivity index (χ0n) is 9.98. The van der Waals surface area contributed by atoms with E-state index in [-0.39, 0.29) is 18.4 Å². The second-order valence-electron chi connectivity index (χ2n) is 4.13. The SMILES string of the molecule is CCOC(=O)[C@@H]1C(=O)NCC1c1ccc(Br)cc1. The van der Waals surface area contributed by atoms with Crippen LogP contribution < -0.4 is 5.32 Å². The molecule has 1 fully saturated rings. The van der Waals surface area contributed by atoms with Gasteiger partial charge in [0.1, 0.15) is 5.92 Å². The van der Waals surface area contributed by atoms with Gasteiger partial charge in [-0.05, 0) is 24.6 Å². The van der Waals surface area contributed by atoms with Crippen molar-refractivity contribution in [2.75, 3.05) is 13.2 Å². The van der Waals surface area contributed by atoms with Crippen molar-refractivity contribution in [3.8, 4) is 0 Å². The van der Waals surface area contributed by atoms with Gasteiger partial charge in [-0.15, -0.1) is 0 Å². The fourth-order valence-electron chi connectivity index (χ4n) is 2.14. The van der Waals surface area contributed by atoms with Crippen LogP contribution in [-0.2, 0) is 14.3 Å². The van der Waals surface area contributed by atoms with Gasteiger partial charge in [-0.2, -0.15) is 0 Å². The molecule has 2 rings (SSSR count). The molecule has 1 aromatic rings. The van der Waals surface area contributed by atoms with Crippen LogP contribution in [-0.4, -0.2) is 25.0 Å². The van der Waals surface area contributed by atoms with Crippen LogP contribution in [0.25, 0.3) is 0 Å². The van der Waals surface area contributed by atoms with Crippen molar-refractivity contribution in [3.63, 3.8) is 0 Å². The zero-order valence-corrected chi connectivity index (χ0v) is 11.6. The molecule has 5 heteroatoms. The highest BCUT2D eigenvalue weighted by Crippen LogP contribution is 2.30. The molecule has 0 aromatic heterocycles. The molecular weight excluding hydrogens is 298 g/mol. The summed E-state index contributed by atoms with van der Waals surface area (Å²) in [4.78, 5) is 23.5. The minimum Gasteiger partial charge on any atom is -0.465 e. The number of carbonyl (C=O) groups is 2. The van der Waals surface area contributed by atoms with Gasteiger partial charge in [-0.25, -0.2) is 0 Å². The maximum Gasteiger partial charge on any atom is 0.319 e. The number of hydrogen-bond donors (Lipinski definition) is 1. The van der Waals surface area contributed by atoms with E-state index >= 15 is 0 Å². The molecule has 0 saturated carbocycles. The van der Waals surface area contributed by atoms with Crippen molar-refractivity contribution in [2.24, 2.45) is 5.92 Å². The van der Waals surface area contributed by atoms with E-state index in [1.807, 2.05) is 24.3 Å². The van der Waals surface area contributed by atoms with Gasteiger partial charge in [-0.1, -0.05) is 28.1 Å². The largest absolute Gasteiger partial charge is 0.465 e. The molecule has 1 aromatic carbocycles. The van der Waals surface area contributed by atoms with Crippen LogP contribution in [0.15, 0.2) is 28.7 Å². The summed E-state index contributed by atoms with van der Waals surface area (Å²) in [6.07, 6.45) is 0. The molecule has 0 radical (unpaired) electrons. The van der Waals surface area contributed by atoms with E-state index in [0.29, 0.717) is 6.54 Å². The lowest BCUT2D eigenvalue weighted by atomic mass is 9.88. The van der Waals surface area contributed by atoms with Gasteiger partial charge >= 0.3 is 5.97 Å². The van der Waals surface area contributed by atoms with Gasteiger partial charge in [-0.3, -0.25) is 9.59 Å². The molecule has 96 valence electrons. The highest BCUT2D eigenvalue weighted by Gasteiger charge is 2.41. The molecule has 0 aliphatic carbocycles. The second-order valence-corrected chi connectivity index (χ2v) is 5.05. The fraction of sp³-hybridized carbons (Fsp3) is 0.385. The Kier molecular flexibility index (Phi) is 4.01. The van der Waals surface area contributed by atoms with Crippen LogP contribution in [0.3, 0.4) is 0 Å². The molecule has 1 saturated heterocycles. The summed E-state index contributed by atoms with van der Waals surface area (Å²) in [6.45, 7) is 2.50. The number of nitrogens with one attached hydrogen (secondary N) is 1. The molecule has 2 atom stereocenters. The summed E-state index contributed by atoms with van der Waals surface area (Å²) in [7, 11) is 0. The number of rotatable bonds is 3. The van der Waals surface area contributed by atoms with Gasteiger partial charge in [0, 0.05) is 16.9 Å². The predicted molar refractivity (Wildman–Crippen MR) is 70.0 cm³/mol. The van der Waals surface area contributed by atoms with E-state index in [1.54, 1.807) is 6.92 Å². The molecule has 18 heavy (non-hydrogen) atoms. The maximum absolute atomic E-state index is 11.8. The Morgan fingerprint density at radius 2 is 2.11 bits per heavy atom. The first-order valence-electron chi connectivity index (χ1n) is 5.83. The normalized spacial score (nSPS) is 22.7. The average Bonchev–Trinajstić information content (AvgIpc) is 2.72. The summed E-state index contributed by atoms with van der Waals surface area (Å²) in [6, 6.07) is 7.64. The maximum atomic E-state index is 11.8. The number of esters is 1. The van der Waals surface area contributed by atoms with Crippen molar-refractivity contribution < 1.29 is 14.3 Å². The van der Waals surface area contributed by atoms with Gasteiger partial charge in [0.2, 0.25) is 5.91 Å². The minimum absolute atomic E-state index is 0.148. The molecule has 4 nitrogen and oxygen atoms in total. The summed E-state index contributed by atoms with van der Waals surface area (Å²) >= 11 is 3.36. The van der Waals surface area contributed by atoms with Crippen LogP contribution in [0.5, 0.6) is 0 Å². The van der Waals surface area contributed by atoms with Gasteiger partial charge < -0.3 is 10.1 Å². The summed E-state index contributed by atoms with van der Waals surface area (Å²) in [5.41, 5.74) is 0.967. The van der Waals surface area contributed by atoms with Gasteiger partial charge in [0.25, 0.3) is 0 Å². The Balaban J connectivity index is 2.23. The number of benzene rings is 1. The minimum atomic E-state index is -0.730. The highest BCUT2D eigenvalue weighted by atomic mass is 79.9. The third kappa shape index (κ3) is 2.56. The number of carbonyl (C=O) groups excluding carboxylic acids is 2. The smallest absolute Gasteiger partial charge is 0.319 e. The molecule has 1 unspecified atom stereocenters. The first-order chi connectivity index (χ1) is 8.63. The first-order valence-corrected chi connectivity index (χ1v) is 6.62. The quantitative estimate of drug-likeness (QED) is 0.684. The Morgan fingerprint density at radius 1 is 1.44 bits per heavy atom. The average molecular weight is 312 g/mol. The van der Waals surface area contributed by atoms with Crippen LogP contribution >= 0.6 is 15.9 Å². The topological polar surface area (TPSA) is 55.4 Å². The molecule has 1 aliphatic heterocycles. The molecule has 1 N–H and O–H groups in total. The summed E-state index contributed by atoms with van der Waals surface area (Å²) in [5, 5.41) is 2.72. The number of hydrogen-bond acceptors (Lipinski definition) is 3. The van der Waals surface area contributed by atoms with E-state index in [4.69, 9.17) is 4.74 Å². The molecule has 1 aliphatic rings. The van der Waals surface area contributed by atoms with Crippen LogP contribution in [0.4, 0.5) is 0 Å². The lowest BCUT2D eigenvalue weighted by Gasteiger charge is -2.15. The third-order valence-corrected chi connectivity index (χ3v) is 3.55. The van der Waals surface area contributed by atoms with Crippen LogP contribution in [0.2, 0.25) is 0 Å². The van der Waals surface area contributed by atoms with Crippen molar-refractivity contribution in [1.29, 1.82) is 0 Å². The molecule has 0 spiro atoms. The van der Waals surface area contributed by atoms with E-state index in [0.717, 1.165) is 10.0 Å². The van der Waals surface area contributed by atoms with E-state index < -0.39 is 11.9 Å². The highest BCUT2D eigenvalue weighted by molar-refractivity contribution is 9.10. The fourth-order valence-corrected chi connectivity index (χ4v) is 2.41. The van der Waals surface area contributed by atoms with E-state index in [9.17, 15) is 9.59 Å². The monoisotopic (exact) mass is 311 g/mol. The van der Waals surface area contributed by atoms with Crippen LogP contribution in [0.1, 0.15) is 18.4 Å². The molecule has 1 amide bonds. The predicted octanol–water partition coefficient (Wildman–Crippen LogP) is 1.84. The lowest BCUT2D eigenvalue weighted by Crippen LogP contribution is -2.28. The standard InChI is InChI=1S/C13H14BrNO3/c1-2-18-13(17)11-10(7-15-12(11)16)8-3-5-9(14)6-4-8/h3-6,10-11H,2,7H2,1H3,(H,15,16)/t10?,11-/m0/s1. The Bertz CT molecular complexity index is 458. The van der Waals surface area contributed by atoms with Crippen molar-refractivity contribution in [3.05, 3.63) is 34.3 Å². The van der Waals surface area contributed by atoms with Crippen molar-refractivity contribution in [1.82, 2.24) is 5.32 Å². The zero-order chi connectivity index (χ0) is 13.1.